The van der Waals surface area contributed by atoms with E-state index in [-0.39, 0.29) is 0 Å². The first-order chi connectivity index (χ1) is 10.8. The summed E-state index contributed by atoms with van der Waals surface area (Å²) in [6.45, 7) is 2.53. The van der Waals surface area contributed by atoms with E-state index >= 15 is 0 Å². The molecule has 108 valence electrons. The molecule has 3 nitrogen and oxygen atoms in total. The Labute approximate surface area is 128 Å². The van der Waals surface area contributed by atoms with Crippen LogP contribution in [0.1, 0.15) is 11.4 Å². The molecule has 0 saturated carbocycles. The van der Waals surface area contributed by atoms with E-state index in [1.165, 1.54) is 0 Å². The molecule has 0 amide bonds. The Bertz CT molecular complexity index is 942. The van der Waals surface area contributed by atoms with E-state index < -0.39 is 0 Å². The molecule has 0 spiro atoms. The zero-order valence-electron chi connectivity index (χ0n) is 12.3. The van der Waals surface area contributed by atoms with Gasteiger partial charge in [0.2, 0.25) is 0 Å². The Morgan fingerprint density at radius 1 is 0.955 bits per heavy atom. The van der Waals surface area contributed by atoms with Crippen molar-refractivity contribution in [2.75, 3.05) is 0 Å². The quantitative estimate of drug-likeness (QED) is 0.598. The van der Waals surface area contributed by atoms with Gasteiger partial charge in [-0.2, -0.15) is 0 Å². The van der Waals surface area contributed by atoms with Crippen LogP contribution in [0.3, 0.4) is 0 Å². The lowest BCUT2D eigenvalue weighted by molar-refractivity contribution is 0.310. The van der Waals surface area contributed by atoms with Crippen molar-refractivity contribution in [3.63, 3.8) is 0 Å². The first-order valence-corrected chi connectivity index (χ1v) is 7.36. The second kappa shape index (κ2) is 5.19. The minimum absolute atomic E-state index is 0.559. The fourth-order valence-electron chi connectivity index (χ4n) is 2.79. The third kappa shape index (κ3) is 2.21. The molecule has 0 unspecified atom stereocenters. The molecule has 1 heterocycles. The number of rotatable bonds is 3. The monoisotopic (exact) mass is 288 g/mol. The molecule has 22 heavy (non-hydrogen) atoms. The van der Waals surface area contributed by atoms with Crippen LogP contribution >= 0.6 is 0 Å². The van der Waals surface area contributed by atoms with Crippen LogP contribution in [0.2, 0.25) is 0 Å². The summed E-state index contributed by atoms with van der Waals surface area (Å²) < 4.78 is 6.07. The molecule has 0 atom stereocenters. The molecule has 0 bridgehead atoms. The lowest BCUT2D eigenvalue weighted by Crippen LogP contribution is -1.96. The van der Waals surface area contributed by atoms with Gasteiger partial charge in [-0.15, -0.1) is 0 Å². The number of nitrogens with zero attached hydrogens (tertiary/aromatic N) is 1. The van der Waals surface area contributed by atoms with Gasteiger partial charge in [-0.05, 0) is 12.5 Å². The molecule has 3 heteroatoms. The van der Waals surface area contributed by atoms with Crippen molar-refractivity contribution in [1.82, 2.24) is 9.97 Å². The van der Waals surface area contributed by atoms with Crippen molar-refractivity contribution in [3.05, 3.63) is 72.1 Å². The first kappa shape index (κ1) is 12.9. The van der Waals surface area contributed by atoms with Crippen LogP contribution in [0.15, 0.2) is 60.7 Å². The molecule has 1 N–H and O–H groups in total. The molecule has 0 aliphatic heterocycles. The van der Waals surface area contributed by atoms with Gasteiger partial charge in [0.05, 0.1) is 11.0 Å². The Kier molecular flexibility index (Phi) is 3.04. The first-order valence-electron chi connectivity index (χ1n) is 7.36. The Morgan fingerprint density at radius 3 is 2.50 bits per heavy atom. The number of benzene rings is 3. The standard InChI is InChI=1S/C19H16N2O/c1-13-20-17-11-18(22-12-14-7-3-2-4-8-14)15-9-5-6-10-16(15)19(17)21-13/h2-11H,12H2,1H3,(H,20,21). The number of aromatic amines is 1. The molecule has 4 aromatic rings. The summed E-state index contributed by atoms with van der Waals surface area (Å²) >= 11 is 0. The minimum atomic E-state index is 0.559. The largest absolute Gasteiger partial charge is 0.488 e. The van der Waals surface area contributed by atoms with Gasteiger partial charge >= 0.3 is 0 Å². The van der Waals surface area contributed by atoms with Gasteiger partial charge in [-0.1, -0.05) is 54.6 Å². The van der Waals surface area contributed by atoms with E-state index in [4.69, 9.17) is 4.74 Å². The zero-order valence-corrected chi connectivity index (χ0v) is 12.3. The highest BCUT2D eigenvalue weighted by Gasteiger charge is 2.10. The maximum absolute atomic E-state index is 6.07. The minimum Gasteiger partial charge on any atom is -0.488 e. The molecule has 4 rings (SSSR count). The smallest absolute Gasteiger partial charge is 0.129 e. The predicted octanol–water partition coefficient (Wildman–Crippen LogP) is 4.60. The fraction of sp³-hybridized carbons (Fsp3) is 0.105. The van der Waals surface area contributed by atoms with Gasteiger partial charge in [0.15, 0.2) is 0 Å². The van der Waals surface area contributed by atoms with Crippen molar-refractivity contribution in [2.24, 2.45) is 0 Å². The topological polar surface area (TPSA) is 37.9 Å². The molecule has 0 aliphatic carbocycles. The van der Waals surface area contributed by atoms with E-state index in [0.29, 0.717) is 6.61 Å². The third-order valence-electron chi connectivity index (χ3n) is 3.81. The van der Waals surface area contributed by atoms with Crippen LogP contribution in [-0.4, -0.2) is 9.97 Å². The average molecular weight is 288 g/mol. The summed E-state index contributed by atoms with van der Waals surface area (Å²) in [6.07, 6.45) is 0. The Hall–Kier alpha value is -2.81. The molecule has 3 aromatic carbocycles. The molecule has 0 saturated heterocycles. The second-order valence-corrected chi connectivity index (χ2v) is 5.41. The van der Waals surface area contributed by atoms with Gasteiger partial charge < -0.3 is 9.72 Å². The van der Waals surface area contributed by atoms with Crippen molar-refractivity contribution >= 4 is 21.8 Å². The van der Waals surface area contributed by atoms with Crippen LogP contribution in [0.25, 0.3) is 21.8 Å². The van der Waals surface area contributed by atoms with Gasteiger partial charge in [0.25, 0.3) is 0 Å². The molecule has 0 aliphatic rings. The van der Waals surface area contributed by atoms with Crippen molar-refractivity contribution in [2.45, 2.75) is 13.5 Å². The molecule has 0 radical (unpaired) electrons. The molecule has 0 fully saturated rings. The SMILES string of the molecule is Cc1nc2c(cc(OCc3ccccc3)c3ccccc32)[nH]1. The predicted molar refractivity (Wildman–Crippen MR) is 89.1 cm³/mol. The lowest BCUT2D eigenvalue weighted by Gasteiger charge is -2.10. The number of imidazole rings is 1. The molecular weight excluding hydrogens is 272 g/mol. The van der Waals surface area contributed by atoms with Gasteiger partial charge in [0, 0.05) is 16.8 Å². The molecular formula is C19H16N2O. The second-order valence-electron chi connectivity index (χ2n) is 5.41. The van der Waals surface area contributed by atoms with E-state index in [1.54, 1.807) is 0 Å². The van der Waals surface area contributed by atoms with Crippen LogP contribution in [0, 0.1) is 6.92 Å². The highest BCUT2D eigenvalue weighted by molar-refractivity contribution is 6.07. The van der Waals surface area contributed by atoms with Crippen LogP contribution in [-0.2, 0) is 6.61 Å². The number of aromatic nitrogens is 2. The number of nitrogens with one attached hydrogen (secondary N) is 1. The zero-order chi connectivity index (χ0) is 14.9. The van der Waals surface area contributed by atoms with Gasteiger partial charge in [-0.3, -0.25) is 0 Å². The number of aryl methyl sites for hydroxylation is 1. The number of ether oxygens (including phenoxy) is 1. The maximum atomic E-state index is 6.07. The van der Waals surface area contributed by atoms with Gasteiger partial charge in [-0.25, -0.2) is 4.98 Å². The highest BCUT2D eigenvalue weighted by Crippen LogP contribution is 2.32. The van der Waals surface area contributed by atoms with E-state index in [1.807, 2.05) is 43.3 Å². The normalized spacial score (nSPS) is 11.1. The summed E-state index contributed by atoms with van der Waals surface area (Å²) in [5.41, 5.74) is 3.17. The highest BCUT2D eigenvalue weighted by atomic mass is 16.5. The van der Waals surface area contributed by atoms with Gasteiger partial charge in [0.1, 0.15) is 18.2 Å². The summed E-state index contributed by atoms with van der Waals surface area (Å²) in [5, 5.41) is 2.21. The van der Waals surface area contributed by atoms with Crippen LogP contribution in [0.4, 0.5) is 0 Å². The van der Waals surface area contributed by atoms with Crippen molar-refractivity contribution in [1.29, 1.82) is 0 Å². The Balaban J connectivity index is 1.81. The van der Waals surface area contributed by atoms with E-state index in [2.05, 4.69) is 34.2 Å². The van der Waals surface area contributed by atoms with Crippen LogP contribution in [0.5, 0.6) is 5.75 Å². The summed E-state index contributed by atoms with van der Waals surface area (Å²) in [7, 11) is 0. The van der Waals surface area contributed by atoms with Crippen molar-refractivity contribution in [3.8, 4) is 5.75 Å². The van der Waals surface area contributed by atoms with Crippen LogP contribution < -0.4 is 4.74 Å². The number of H-pyrrole nitrogens is 1. The number of hydrogen-bond acceptors (Lipinski definition) is 2. The average Bonchev–Trinajstić information content (AvgIpc) is 2.94. The summed E-state index contributed by atoms with van der Waals surface area (Å²) in [6, 6.07) is 20.5. The maximum Gasteiger partial charge on any atom is 0.129 e. The number of fused-ring (bicyclic) bond motifs is 3. The molecule has 1 aromatic heterocycles. The fourth-order valence-corrected chi connectivity index (χ4v) is 2.79. The van der Waals surface area contributed by atoms with E-state index in [9.17, 15) is 0 Å². The van der Waals surface area contributed by atoms with E-state index in [0.717, 1.165) is 38.9 Å². The summed E-state index contributed by atoms with van der Waals surface area (Å²) in [5.74, 6) is 1.80. The third-order valence-corrected chi connectivity index (χ3v) is 3.81. The summed E-state index contributed by atoms with van der Waals surface area (Å²) in [4.78, 5) is 7.89. The number of hydrogen-bond donors (Lipinski definition) is 1. The van der Waals surface area contributed by atoms with Crippen molar-refractivity contribution < 1.29 is 4.74 Å². The lowest BCUT2D eigenvalue weighted by atomic mass is 10.1. The Morgan fingerprint density at radius 2 is 1.68 bits per heavy atom.